The van der Waals surface area contributed by atoms with Crippen molar-refractivity contribution in [3.8, 4) is 0 Å². The quantitative estimate of drug-likeness (QED) is 0.705. The van der Waals surface area contributed by atoms with Crippen LogP contribution in [0.2, 0.25) is 0 Å². The van der Waals surface area contributed by atoms with Gasteiger partial charge in [0.2, 0.25) is 10.0 Å². The van der Waals surface area contributed by atoms with Gasteiger partial charge in [-0.25, -0.2) is 18.4 Å². The second-order valence-corrected chi connectivity index (χ2v) is 10.1. The molecule has 0 saturated carbocycles. The summed E-state index contributed by atoms with van der Waals surface area (Å²) in [4.78, 5) is 15.7. The molecule has 0 N–H and O–H groups in total. The lowest BCUT2D eigenvalue weighted by Crippen LogP contribution is -2.49. The molecule has 2 fully saturated rings. The highest BCUT2D eigenvalue weighted by Crippen LogP contribution is 2.21. The molecule has 162 valence electrons. The van der Waals surface area contributed by atoms with E-state index >= 15 is 0 Å². The number of likely N-dealkylation sites (N-methyl/N-ethyl adjacent to an activating group) is 1. The van der Waals surface area contributed by atoms with Crippen LogP contribution in [0.3, 0.4) is 0 Å². The minimum atomic E-state index is -3.33. The monoisotopic (exact) mass is 430 g/mol. The number of anilines is 2. The molecule has 2 aliphatic heterocycles. The maximum atomic E-state index is 12.9. The molecule has 0 bridgehead atoms. The lowest BCUT2D eigenvalue weighted by atomic mass is 10.2. The van der Waals surface area contributed by atoms with Crippen LogP contribution < -0.4 is 9.80 Å². The van der Waals surface area contributed by atoms with Crippen LogP contribution in [0.4, 0.5) is 11.6 Å². The molecule has 0 radical (unpaired) electrons. The van der Waals surface area contributed by atoms with Crippen molar-refractivity contribution in [1.29, 1.82) is 0 Å². The predicted molar refractivity (Wildman–Crippen MR) is 119 cm³/mol. The van der Waals surface area contributed by atoms with Crippen LogP contribution in [0.15, 0.2) is 36.7 Å². The van der Waals surface area contributed by atoms with E-state index in [0.29, 0.717) is 26.2 Å². The van der Waals surface area contributed by atoms with Gasteiger partial charge < -0.3 is 14.7 Å². The number of hydrogen-bond acceptors (Lipinski definition) is 7. The van der Waals surface area contributed by atoms with Gasteiger partial charge in [-0.1, -0.05) is 29.8 Å². The molecule has 3 heterocycles. The molecule has 0 atom stereocenters. The van der Waals surface area contributed by atoms with Gasteiger partial charge in [0.05, 0.1) is 5.75 Å². The standard InChI is InChI=1S/C21H30N6O2S/c1-18-4-3-5-19(14-18)16-30(28,29)27-12-10-26(11-13-27)21-15-20(22-17-23-21)25-8-6-24(2)7-9-25/h3-5,14-15,17H,6-13,16H2,1-2H3. The molecule has 9 heteroatoms. The van der Waals surface area contributed by atoms with Crippen LogP contribution in [-0.2, 0) is 15.8 Å². The van der Waals surface area contributed by atoms with E-state index in [-0.39, 0.29) is 5.75 Å². The van der Waals surface area contributed by atoms with Gasteiger partial charge in [-0.2, -0.15) is 4.31 Å². The predicted octanol–water partition coefficient (Wildman–Crippen LogP) is 1.19. The topological polar surface area (TPSA) is 72.9 Å². The van der Waals surface area contributed by atoms with E-state index in [1.54, 1.807) is 10.6 Å². The van der Waals surface area contributed by atoms with Crippen LogP contribution in [0.25, 0.3) is 0 Å². The van der Waals surface area contributed by atoms with Gasteiger partial charge in [0.1, 0.15) is 18.0 Å². The molecular weight excluding hydrogens is 400 g/mol. The van der Waals surface area contributed by atoms with Crippen LogP contribution >= 0.6 is 0 Å². The molecule has 2 aromatic rings. The van der Waals surface area contributed by atoms with Crippen molar-refractivity contribution in [3.63, 3.8) is 0 Å². The lowest BCUT2D eigenvalue weighted by Gasteiger charge is -2.36. The Balaban J connectivity index is 1.38. The first-order chi connectivity index (χ1) is 14.4. The fraction of sp³-hybridized carbons (Fsp3) is 0.524. The Kier molecular flexibility index (Phi) is 6.21. The van der Waals surface area contributed by atoms with Crippen molar-refractivity contribution in [2.24, 2.45) is 0 Å². The molecule has 1 aromatic heterocycles. The Bertz CT molecular complexity index is 967. The van der Waals surface area contributed by atoms with Crippen molar-refractivity contribution in [1.82, 2.24) is 19.2 Å². The maximum Gasteiger partial charge on any atom is 0.218 e. The van der Waals surface area contributed by atoms with Crippen LogP contribution in [0, 0.1) is 6.92 Å². The molecule has 4 rings (SSSR count). The number of piperazine rings is 2. The summed E-state index contributed by atoms with van der Waals surface area (Å²) in [6.07, 6.45) is 1.61. The van der Waals surface area contributed by atoms with Crippen LogP contribution in [0.5, 0.6) is 0 Å². The normalized spacial score (nSPS) is 19.3. The first-order valence-corrected chi connectivity index (χ1v) is 12.1. The highest BCUT2D eigenvalue weighted by Gasteiger charge is 2.28. The summed E-state index contributed by atoms with van der Waals surface area (Å²) in [5, 5.41) is 0. The van der Waals surface area contributed by atoms with Gasteiger partial charge >= 0.3 is 0 Å². The number of benzene rings is 1. The maximum absolute atomic E-state index is 12.9. The Morgan fingerprint density at radius 3 is 2.07 bits per heavy atom. The number of aryl methyl sites for hydroxylation is 1. The number of hydrogen-bond donors (Lipinski definition) is 0. The number of sulfonamides is 1. The minimum Gasteiger partial charge on any atom is -0.354 e. The van der Waals surface area contributed by atoms with Crippen molar-refractivity contribution in [2.45, 2.75) is 12.7 Å². The third-order valence-electron chi connectivity index (χ3n) is 5.85. The summed E-state index contributed by atoms with van der Waals surface area (Å²) in [7, 11) is -1.19. The first kappa shape index (κ1) is 21.0. The van der Waals surface area contributed by atoms with Gasteiger partial charge in [0.25, 0.3) is 0 Å². The zero-order chi connectivity index (χ0) is 21.1. The molecule has 2 aliphatic rings. The molecule has 1 aromatic carbocycles. The SMILES string of the molecule is Cc1cccc(CS(=O)(=O)N2CCN(c3cc(N4CCN(C)CC4)ncn3)CC2)c1. The third-order valence-corrected chi connectivity index (χ3v) is 7.70. The van der Waals surface area contributed by atoms with Gasteiger partial charge in [0.15, 0.2) is 0 Å². The van der Waals surface area contributed by atoms with Crippen molar-refractivity contribution < 1.29 is 8.42 Å². The summed E-state index contributed by atoms with van der Waals surface area (Å²) in [5.74, 6) is 1.87. The number of rotatable bonds is 5. The average molecular weight is 431 g/mol. The number of nitrogens with zero attached hydrogens (tertiary/aromatic N) is 6. The van der Waals surface area contributed by atoms with E-state index in [0.717, 1.165) is 48.9 Å². The van der Waals surface area contributed by atoms with Crippen molar-refractivity contribution in [2.75, 3.05) is 69.2 Å². The Morgan fingerprint density at radius 2 is 1.47 bits per heavy atom. The van der Waals surface area contributed by atoms with Crippen molar-refractivity contribution in [3.05, 3.63) is 47.8 Å². The number of aromatic nitrogens is 2. The molecule has 0 unspecified atom stereocenters. The smallest absolute Gasteiger partial charge is 0.218 e. The van der Waals surface area contributed by atoms with Crippen molar-refractivity contribution >= 4 is 21.7 Å². The fourth-order valence-electron chi connectivity index (χ4n) is 4.02. The highest BCUT2D eigenvalue weighted by atomic mass is 32.2. The molecule has 30 heavy (non-hydrogen) atoms. The van der Waals surface area contributed by atoms with E-state index in [9.17, 15) is 8.42 Å². The van der Waals surface area contributed by atoms with E-state index in [2.05, 4.69) is 31.7 Å². The van der Waals surface area contributed by atoms with E-state index in [1.807, 2.05) is 37.3 Å². The summed E-state index contributed by atoms with van der Waals surface area (Å²) < 4.78 is 27.3. The molecule has 0 aliphatic carbocycles. The van der Waals surface area contributed by atoms with E-state index in [1.165, 1.54) is 0 Å². The molecular formula is C21H30N6O2S. The largest absolute Gasteiger partial charge is 0.354 e. The van der Waals surface area contributed by atoms with Gasteiger partial charge in [-0.3, -0.25) is 0 Å². The Hall–Kier alpha value is -2.23. The zero-order valence-electron chi connectivity index (χ0n) is 17.7. The van der Waals surface area contributed by atoms with Gasteiger partial charge in [0, 0.05) is 58.4 Å². The second-order valence-electron chi connectivity index (χ2n) is 8.16. The van der Waals surface area contributed by atoms with Gasteiger partial charge in [-0.05, 0) is 19.5 Å². The molecule has 0 amide bonds. The second kappa shape index (κ2) is 8.87. The Labute approximate surface area is 179 Å². The molecule has 2 saturated heterocycles. The fourth-order valence-corrected chi connectivity index (χ4v) is 5.52. The van der Waals surface area contributed by atoms with E-state index in [4.69, 9.17) is 0 Å². The summed E-state index contributed by atoms with van der Waals surface area (Å²) in [5.41, 5.74) is 1.91. The summed E-state index contributed by atoms with van der Waals surface area (Å²) in [6, 6.07) is 9.73. The van der Waals surface area contributed by atoms with Crippen LogP contribution in [-0.4, -0.2) is 87.0 Å². The van der Waals surface area contributed by atoms with E-state index < -0.39 is 10.0 Å². The van der Waals surface area contributed by atoms with Gasteiger partial charge in [-0.15, -0.1) is 0 Å². The average Bonchev–Trinajstić information content (AvgIpc) is 2.74. The molecule has 8 nitrogen and oxygen atoms in total. The lowest BCUT2D eigenvalue weighted by molar-refractivity contribution is 0.312. The highest BCUT2D eigenvalue weighted by molar-refractivity contribution is 7.88. The molecule has 0 spiro atoms. The zero-order valence-corrected chi connectivity index (χ0v) is 18.6. The first-order valence-electron chi connectivity index (χ1n) is 10.4. The minimum absolute atomic E-state index is 0.0513. The third kappa shape index (κ3) is 4.91. The Morgan fingerprint density at radius 1 is 0.867 bits per heavy atom. The van der Waals surface area contributed by atoms with Crippen LogP contribution in [0.1, 0.15) is 11.1 Å². The summed E-state index contributed by atoms with van der Waals surface area (Å²) in [6.45, 7) is 8.15. The summed E-state index contributed by atoms with van der Waals surface area (Å²) >= 11 is 0.